The van der Waals surface area contributed by atoms with E-state index in [4.69, 9.17) is 14.2 Å². The number of rotatable bonds is 9. The van der Waals surface area contributed by atoms with E-state index in [2.05, 4.69) is 10.2 Å². The predicted octanol–water partition coefficient (Wildman–Crippen LogP) is 2.52. The molecule has 6 nitrogen and oxygen atoms in total. The highest BCUT2D eigenvalue weighted by Gasteiger charge is 2.23. The summed E-state index contributed by atoms with van der Waals surface area (Å²) < 4.78 is 16.9. The van der Waals surface area contributed by atoms with E-state index in [-0.39, 0.29) is 12.0 Å². The van der Waals surface area contributed by atoms with Gasteiger partial charge in [0.25, 0.3) is 0 Å². The third-order valence-electron chi connectivity index (χ3n) is 4.74. The minimum absolute atomic E-state index is 0.0208. The molecule has 2 aromatic carbocycles. The Bertz CT molecular complexity index is 763. The van der Waals surface area contributed by atoms with Gasteiger partial charge < -0.3 is 19.5 Å². The Labute approximate surface area is 166 Å². The fourth-order valence-electron chi connectivity index (χ4n) is 3.14. The number of benzene rings is 2. The maximum absolute atomic E-state index is 12.3. The van der Waals surface area contributed by atoms with Gasteiger partial charge in [-0.3, -0.25) is 9.69 Å². The fraction of sp³-hybridized carbons (Fsp3) is 0.409. The number of amides is 1. The number of fused-ring (bicyclic) bond motifs is 1. The minimum Gasteiger partial charge on any atom is -0.497 e. The van der Waals surface area contributed by atoms with Crippen molar-refractivity contribution in [2.45, 2.75) is 19.4 Å². The van der Waals surface area contributed by atoms with E-state index in [1.807, 2.05) is 55.5 Å². The topological polar surface area (TPSA) is 60.0 Å². The van der Waals surface area contributed by atoms with E-state index in [1.165, 1.54) is 5.56 Å². The molecule has 1 heterocycles. The van der Waals surface area contributed by atoms with Crippen LogP contribution in [0.25, 0.3) is 0 Å². The van der Waals surface area contributed by atoms with E-state index in [1.54, 1.807) is 7.11 Å². The summed E-state index contributed by atoms with van der Waals surface area (Å²) in [5, 5.41) is 2.99. The maximum Gasteiger partial charge on any atom is 0.234 e. The Kier molecular flexibility index (Phi) is 7.14. The average Bonchev–Trinajstić information content (AvgIpc) is 2.73. The van der Waals surface area contributed by atoms with E-state index < -0.39 is 0 Å². The molecule has 0 radical (unpaired) electrons. The van der Waals surface area contributed by atoms with E-state index in [9.17, 15) is 4.79 Å². The molecule has 1 amide bonds. The number of carbonyl (C=O) groups excluding carboxylic acids is 1. The molecular formula is C22H28N2O4. The number of nitrogens with one attached hydrogen (secondary N) is 1. The molecule has 6 heteroatoms. The van der Waals surface area contributed by atoms with Crippen molar-refractivity contribution in [2.24, 2.45) is 0 Å². The lowest BCUT2D eigenvalue weighted by atomic mass is 10.1. The van der Waals surface area contributed by atoms with E-state index in [0.29, 0.717) is 26.2 Å². The Morgan fingerprint density at radius 2 is 1.93 bits per heavy atom. The van der Waals surface area contributed by atoms with Crippen LogP contribution >= 0.6 is 0 Å². The molecule has 0 aliphatic carbocycles. The van der Waals surface area contributed by atoms with Crippen LogP contribution in [-0.4, -0.2) is 56.8 Å². The van der Waals surface area contributed by atoms with Gasteiger partial charge in [0.15, 0.2) is 11.5 Å². The van der Waals surface area contributed by atoms with Crippen LogP contribution in [0.2, 0.25) is 0 Å². The Morgan fingerprint density at radius 3 is 2.64 bits per heavy atom. The quantitative estimate of drug-likeness (QED) is 0.720. The van der Waals surface area contributed by atoms with Crippen molar-refractivity contribution in [1.82, 2.24) is 10.2 Å². The molecule has 2 aromatic rings. The summed E-state index contributed by atoms with van der Waals surface area (Å²) in [6, 6.07) is 15.6. The largest absolute Gasteiger partial charge is 0.497 e. The molecule has 0 bridgehead atoms. The number of para-hydroxylation sites is 2. The van der Waals surface area contributed by atoms with Crippen LogP contribution < -0.4 is 19.5 Å². The molecule has 150 valence electrons. The third-order valence-corrected chi connectivity index (χ3v) is 4.74. The van der Waals surface area contributed by atoms with Gasteiger partial charge in [0.1, 0.15) is 18.5 Å². The van der Waals surface area contributed by atoms with Crippen LogP contribution in [0.3, 0.4) is 0 Å². The van der Waals surface area contributed by atoms with Crippen molar-refractivity contribution >= 4 is 5.91 Å². The van der Waals surface area contributed by atoms with Gasteiger partial charge in [-0.15, -0.1) is 0 Å². The number of hydrogen-bond acceptors (Lipinski definition) is 5. The average molecular weight is 384 g/mol. The zero-order valence-electron chi connectivity index (χ0n) is 16.5. The summed E-state index contributed by atoms with van der Waals surface area (Å²) in [7, 11) is 1.65. The van der Waals surface area contributed by atoms with Crippen molar-refractivity contribution in [1.29, 1.82) is 0 Å². The summed E-state index contributed by atoms with van der Waals surface area (Å²) in [6.07, 6.45) is 0.708. The molecule has 0 spiro atoms. The summed E-state index contributed by atoms with van der Waals surface area (Å²) >= 11 is 0. The number of hydrogen-bond donors (Lipinski definition) is 1. The number of carbonyl (C=O) groups is 1. The van der Waals surface area contributed by atoms with E-state index >= 15 is 0 Å². The van der Waals surface area contributed by atoms with Crippen molar-refractivity contribution in [3.8, 4) is 17.2 Å². The van der Waals surface area contributed by atoms with Crippen molar-refractivity contribution in [2.75, 3.05) is 39.9 Å². The highest BCUT2D eigenvalue weighted by molar-refractivity contribution is 5.78. The van der Waals surface area contributed by atoms with Gasteiger partial charge >= 0.3 is 0 Å². The predicted molar refractivity (Wildman–Crippen MR) is 108 cm³/mol. The lowest BCUT2D eigenvalue weighted by Gasteiger charge is -2.30. The molecule has 0 saturated carbocycles. The third kappa shape index (κ3) is 5.63. The van der Waals surface area contributed by atoms with Crippen LogP contribution in [0.4, 0.5) is 0 Å². The highest BCUT2D eigenvalue weighted by Crippen LogP contribution is 2.30. The lowest BCUT2D eigenvalue weighted by Crippen LogP contribution is -2.45. The molecule has 0 fully saturated rings. The van der Waals surface area contributed by atoms with E-state index in [0.717, 1.165) is 30.2 Å². The monoisotopic (exact) mass is 384 g/mol. The Hall–Kier alpha value is -2.73. The molecule has 1 aliphatic heterocycles. The summed E-state index contributed by atoms with van der Waals surface area (Å²) in [4.78, 5) is 14.4. The number of likely N-dealkylation sites (N-methyl/N-ethyl adjacent to an activating group) is 1. The number of nitrogens with zero attached hydrogens (tertiary/aromatic N) is 1. The number of ether oxygens (including phenoxy) is 3. The maximum atomic E-state index is 12.3. The normalized spacial score (nSPS) is 15.3. The van der Waals surface area contributed by atoms with Gasteiger partial charge in [-0.05, 0) is 42.8 Å². The zero-order chi connectivity index (χ0) is 19.8. The molecule has 1 atom stereocenters. The second-order valence-corrected chi connectivity index (χ2v) is 6.77. The number of methoxy groups -OCH3 is 1. The first-order valence-corrected chi connectivity index (χ1v) is 9.68. The van der Waals surface area contributed by atoms with Crippen LogP contribution in [0.5, 0.6) is 17.2 Å². The molecular weight excluding hydrogens is 356 g/mol. The molecule has 28 heavy (non-hydrogen) atoms. The molecule has 0 aromatic heterocycles. The molecule has 1 unspecified atom stereocenters. The van der Waals surface area contributed by atoms with Gasteiger partial charge in [-0.25, -0.2) is 0 Å². The van der Waals surface area contributed by atoms with Crippen LogP contribution in [0, 0.1) is 0 Å². The van der Waals surface area contributed by atoms with Crippen LogP contribution in [0.1, 0.15) is 12.5 Å². The van der Waals surface area contributed by atoms with Gasteiger partial charge in [-0.1, -0.05) is 31.2 Å². The second kappa shape index (κ2) is 9.99. The van der Waals surface area contributed by atoms with Gasteiger partial charge in [0, 0.05) is 13.1 Å². The first-order valence-electron chi connectivity index (χ1n) is 9.68. The first-order chi connectivity index (χ1) is 13.7. The molecule has 0 saturated heterocycles. The van der Waals surface area contributed by atoms with Crippen LogP contribution in [0.15, 0.2) is 48.5 Å². The van der Waals surface area contributed by atoms with Gasteiger partial charge in [0.05, 0.1) is 13.7 Å². The van der Waals surface area contributed by atoms with Gasteiger partial charge in [0.2, 0.25) is 5.91 Å². The Balaban J connectivity index is 1.40. The molecule has 1 aliphatic rings. The van der Waals surface area contributed by atoms with Crippen molar-refractivity contribution in [3.05, 3.63) is 54.1 Å². The second-order valence-electron chi connectivity index (χ2n) is 6.77. The molecule has 1 N–H and O–H groups in total. The standard InChI is InChI=1S/C22H28N2O4/c1-3-24(14-19-16-27-20-6-4-5-7-21(20)28-19)15-22(25)23-13-12-17-8-10-18(26-2)11-9-17/h4-11,19H,3,12-16H2,1-2H3,(H,23,25). The SMILES string of the molecule is CCN(CC(=O)NCCc1ccc(OC)cc1)CC1COc2ccccc2O1. The Morgan fingerprint density at radius 1 is 1.18 bits per heavy atom. The summed E-state index contributed by atoms with van der Waals surface area (Å²) in [5.74, 6) is 2.40. The highest BCUT2D eigenvalue weighted by atomic mass is 16.6. The minimum atomic E-state index is -0.0815. The molecule has 3 rings (SSSR count). The van der Waals surface area contributed by atoms with Gasteiger partial charge in [-0.2, -0.15) is 0 Å². The summed E-state index contributed by atoms with van der Waals surface area (Å²) in [5.41, 5.74) is 1.17. The smallest absolute Gasteiger partial charge is 0.234 e. The summed E-state index contributed by atoms with van der Waals surface area (Å²) in [6.45, 7) is 4.92. The van der Waals surface area contributed by atoms with Crippen molar-refractivity contribution < 1.29 is 19.0 Å². The lowest BCUT2D eigenvalue weighted by molar-refractivity contribution is -0.122. The fourth-order valence-corrected chi connectivity index (χ4v) is 3.14. The van der Waals surface area contributed by atoms with Crippen molar-refractivity contribution in [3.63, 3.8) is 0 Å². The zero-order valence-corrected chi connectivity index (χ0v) is 16.5. The first kappa shape index (κ1) is 20.0. The van der Waals surface area contributed by atoms with Crippen LogP contribution in [-0.2, 0) is 11.2 Å².